The van der Waals surface area contributed by atoms with Gasteiger partial charge < -0.3 is 9.88 Å². The molecule has 30 heavy (non-hydrogen) atoms. The monoisotopic (exact) mass is 446 g/mol. The van der Waals surface area contributed by atoms with E-state index in [1.165, 1.54) is 18.2 Å². The fourth-order valence-corrected chi connectivity index (χ4v) is 4.18. The lowest BCUT2D eigenvalue weighted by Gasteiger charge is -2.11. The molecule has 0 unspecified atom stereocenters. The van der Waals surface area contributed by atoms with Crippen LogP contribution in [0.25, 0.3) is 0 Å². The SMILES string of the molecule is Cc1cccc(NS(=O)(=O)c2ccc(Cl)c(C(=O)NCCCCn3ccnc3)c2)c1. The molecule has 0 aliphatic rings. The molecule has 0 saturated heterocycles. The first kappa shape index (κ1) is 21.9. The van der Waals surface area contributed by atoms with Crippen LogP contribution < -0.4 is 10.0 Å². The Hall–Kier alpha value is -2.84. The van der Waals surface area contributed by atoms with Gasteiger partial charge in [-0.3, -0.25) is 9.52 Å². The number of nitrogens with zero attached hydrogens (tertiary/aromatic N) is 2. The topological polar surface area (TPSA) is 93.1 Å². The van der Waals surface area contributed by atoms with Crippen molar-refractivity contribution in [2.24, 2.45) is 0 Å². The molecule has 2 N–H and O–H groups in total. The summed E-state index contributed by atoms with van der Waals surface area (Å²) in [7, 11) is -3.85. The van der Waals surface area contributed by atoms with Gasteiger partial charge in [0.25, 0.3) is 15.9 Å². The molecular formula is C21H23ClN4O3S. The van der Waals surface area contributed by atoms with Crippen LogP contribution in [0.15, 0.2) is 66.1 Å². The second kappa shape index (κ2) is 9.77. The van der Waals surface area contributed by atoms with E-state index in [1.807, 2.05) is 23.8 Å². The first-order chi connectivity index (χ1) is 14.3. The molecule has 0 spiro atoms. The van der Waals surface area contributed by atoms with Gasteiger partial charge >= 0.3 is 0 Å². The summed E-state index contributed by atoms with van der Waals surface area (Å²) >= 11 is 6.14. The van der Waals surface area contributed by atoms with E-state index >= 15 is 0 Å². The molecule has 3 aromatic rings. The fourth-order valence-electron chi connectivity index (χ4n) is 2.90. The van der Waals surface area contributed by atoms with Crippen LogP contribution in [0.5, 0.6) is 0 Å². The molecule has 1 amide bonds. The molecule has 0 aliphatic heterocycles. The number of unbranched alkanes of at least 4 members (excludes halogenated alkanes) is 1. The van der Waals surface area contributed by atoms with Gasteiger partial charge in [0, 0.05) is 31.2 Å². The summed E-state index contributed by atoms with van der Waals surface area (Å²) in [6, 6.07) is 11.1. The van der Waals surface area contributed by atoms with Gasteiger partial charge in [-0.15, -0.1) is 0 Å². The zero-order chi connectivity index (χ0) is 21.6. The number of anilines is 1. The zero-order valence-electron chi connectivity index (χ0n) is 16.5. The van der Waals surface area contributed by atoms with Gasteiger partial charge in [-0.25, -0.2) is 13.4 Å². The summed E-state index contributed by atoms with van der Waals surface area (Å²) in [5.74, 6) is -0.407. The Morgan fingerprint density at radius 3 is 2.73 bits per heavy atom. The number of benzene rings is 2. The molecule has 0 atom stereocenters. The van der Waals surface area contributed by atoms with E-state index in [2.05, 4.69) is 15.0 Å². The smallest absolute Gasteiger partial charge is 0.261 e. The van der Waals surface area contributed by atoms with Crippen LogP contribution >= 0.6 is 11.6 Å². The van der Waals surface area contributed by atoms with Crippen molar-refractivity contribution in [3.05, 3.63) is 77.3 Å². The highest BCUT2D eigenvalue weighted by Crippen LogP contribution is 2.23. The number of nitrogens with one attached hydrogen (secondary N) is 2. The lowest BCUT2D eigenvalue weighted by atomic mass is 10.2. The third-order valence-corrected chi connectivity index (χ3v) is 6.16. The molecule has 158 valence electrons. The molecule has 1 heterocycles. The number of sulfonamides is 1. The van der Waals surface area contributed by atoms with Gasteiger partial charge in [-0.1, -0.05) is 23.7 Å². The first-order valence-electron chi connectivity index (χ1n) is 9.48. The van der Waals surface area contributed by atoms with Crippen molar-refractivity contribution >= 4 is 33.2 Å². The van der Waals surface area contributed by atoms with Gasteiger partial charge in [-0.05, 0) is 55.7 Å². The molecule has 0 saturated carbocycles. The highest BCUT2D eigenvalue weighted by Gasteiger charge is 2.19. The number of hydrogen-bond acceptors (Lipinski definition) is 4. The number of carbonyl (C=O) groups is 1. The van der Waals surface area contributed by atoms with Crippen LogP contribution in [0.3, 0.4) is 0 Å². The average Bonchev–Trinajstić information content (AvgIpc) is 3.21. The van der Waals surface area contributed by atoms with Crippen molar-refractivity contribution in [3.8, 4) is 0 Å². The molecule has 9 heteroatoms. The molecule has 0 fully saturated rings. The van der Waals surface area contributed by atoms with E-state index < -0.39 is 15.9 Å². The Kier molecular flexibility index (Phi) is 7.12. The van der Waals surface area contributed by atoms with Crippen LogP contribution in [0.2, 0.25) is 5.02 Å². The van der Waals surface area contributed by atoms with E-state index in [4.69, 9.17) is 11.6 Å². The van der Waals surface area contributed by atoms with E-state index in [0.29, 0.717) is 12.2 Å². The van der Waals surface area contributed by atoms with Gasteiger partial charge in [0.15, 0.2) is 0 Å². The normalized spacial score (nSPS) is 11.3. The Balaban J connectivity index is 1.62. The summed E-state index contributed by atoms with van der Waals surface area (Å²) in [6.07, 6.45) is 7.00. The third-order valence-electron chi connectivity index (χ3n) is 4.45. The van der Waals surface area contributed by atoms with Crippen LogP contribution in [-0.4, -0.2) is 30.4 Å². The number of aromatic nitrogens is 2. The molecule has 0 radical (unpaired) electrons. The number of carbonyl (C=O) groups excluding carboxylic acids is 1. The Morgan fingerprint density at radius 2 is 2.00 bits per heavy atom. The minimum Gasteiger partial charge on any atom is -0.352 e. The third kappa shape index (κ3) is 5.84. The van der Waals surface area contributed by atoms with Gasteiger partial charge in [0.05, 0.1) is 21.8 Å². The maximum Gasteiger partial charge on any atom is 0.261 e. The molecule has 1 aromatic heterocycles. The molecular weight excluding hydrogens is 424 g/mol. The standard InChI is InChI=1S/C21H23ClN4O3S/c1-16-5-4-6-17(13-16)25-30(28,29)18-7-8-20(22)19(14-18)21(27)24-9-2-3-11-26-12-10-23-15-26/h4-8,10,12-15,25H,2-3,9,11H2,1H3,(H,24,27). The van der Waals surface area contributed by atoms with Crippen molar-refractivity contribution in [2.75, 3.05) is 11.3 Å². The first-order valence-corrected chi connectivity index (χ1v) is 11.3. The molecule has 3 rings (SSSR count). The number of amides is 1. The highest BCUT2D eigenvalue weighted by molar-refractivity contribution is 7.92. The number of halogens is 1. The number of aryl methyl sites for hydroxylation is 2. The predicted molar refractivity (Wildman–Crippen MR) is 117 cm³/mol. The Morgan fingerprint density at radius 1 is 1.17 bits per heavy atom. The zero-order valence-corrected chi connectivity index (χ0v) is 18.1. The van der Waals surface area contributed by atoms with Crippen LogP contribution in [-0.2, 0) is 16.6 Å². The number of hydrogen-bond donors (Lipinski definition) is 2. The molecule has 0 aliphatic carbocycles. The van der Waals surface area contributed by atoms with E-state index in [0.717, 1.165) is 24.9 Å². The lowest BCUT2D eigenvalue weighted by molar-refractivity contribution is 0.0953. The van der Waals surface area contributed by atoms with Crippen LogP contribution in [0.4, 0.5) is 5.69 Å². The number of imidazole rings is 1. The number of rotatable bonds is 9. The maximum absolute atomic E-state index is 12.7. The quantitative estimate of drug-likeness (QED) is 0.488. The summed E-state index contributed by atoms with van der Waals surface area (Å²) in [4.78, 5) is 16.5. The predicted octanol–water partition coefficient (Wildman–Crippen LogP) is 3.86. The summed E-state index contributed by atoms with van der Waals surface area (Å²) < 4.78 is 29.9. The van der Waals surface area contributed by atoms with Crippen LogP contribution in [0, 0.1) is 6.92 Å². The van der Waals surface area contributed by atoms with Gasteiger partial charge in [-0.2, -0.15) is 0 Å². The van der Waals surface area contributed by atoms with Crippen molar-refractivity contribution in [3.63, 3.8) is 0 Å². The minimum atomic E-state index is -3.85. The maximum atomic E-state index is 12.7. The van der Waals surface area contributed by atoms with Crippen molar-refractivity contribution in [1.29, 1.82) is 0 Å². The lowest BCUT2D eigenvalue weighted by Crippen LogP contribution is -2.25. The molecule has 2 aromatic carbocycles. The van der Waals surface area contributed by atoms with E-state index in [1.54, 1.807) is 30.7 Å². The van der Waals surface area contributed by atoms with Crippen molar-refractivity contribution in [2.45, 2.75) is 31.2 Å². The Labute approximate surface area is 181 Å². The minimum absolute atomic E-state index is 0.0290. The van der Waals surface area contributed by atoms with Gasteiger partial charge in [0.1, 0.15) is 0 Å². The fraction of sp³-hybridized carbons (Fsp3) is 0.238. The van der Waals surface area contributed by atoms with Crippen molar-refractivity contribution < 1.29 is 13.2 Å². The van der Waals surface area contributed by atoms with Crippen LogP contribution in [0.1, 0.15) is 28.8 Å². The largest absolute Gasteiger partial charge is 0.352 e. The van der Waals surface area contributed by atoms with E-state index in [9.17, 15) is 13.2 Å². The summed E-state index contributed by atoms with van der Waals surface area (Å²) in [6.45, 7) is 3.15. The van der Waals surface area contributed by atoms with E-state index in [-0.39, 0.29) is 15.5 Å². The molecule has 0 bridgehead atoms. The van der Waals surface area contributed by atoms with Crippen molar-refractivity contribution in [1.82, 2.24) is 14.9 Å². The average molecular weight is 447 g/mol. The summed E-state index contributed by atoms with van der Waals surface area (Å²) in [5, 5.41) is 2.99. The molecule has 7 nitrogen and oxygen atoms in total. The second-order valence-electron chi connectivity index (χ2n) is 6.88. The Bertz CT molecular complexity index is 1120. The highest BCUT2D eigenvalue weighted by atomic mass is 35.5. The van der Waals surface area contributed by atoms with Gasteiger partial charge in [0.2, 0.25) is 0 Å². The summed E-state index contributed by atoms with van der Waals surface area (Å²) in [5.41, 5.74) is 1.51. The second-order valence-corrected chi connectivity index (χ2v) is 8.97.